The first-order valence-electron chi connectivity index (χ1n) is 16.1. The van der Waals surface area contributed by atoms with Crippen LogP contribution in [-0.2, 0) is 32.1 Å². The van der Waals surface area contributed by atoms with E-state index in [0.29, 0.717) is 17.3 Å². The molecule has 1 heterocycles. The first-order chi connectivity index (χ1) is 22.3. The fourth-order valence-electron chi connectivity index (χ4n) is 5.53. The molecule has 11 heteroatoms. The molecule has 4 atom stereocenters. The monoisotopic (exact) mass is 650 g/mol. The Morgan fingerprint density at radius 2 is 1.59 bits per heavy atom. The fourth-order valence-corrected chi connectivity index (χ4v) is 6.21. The number of aromatic nitrogens is 1. The maximum atomic E-state index is 13.8. The van der Waals surface area contributed by atoms with Crippen molar-refractivity contribution in [2.75, 3.05) is 6.61 Å². The number of aliphatic hydroxyl groups is 1. The van der Waals surface area contributed by atoms with Crippen molar-refractivity contribution < 1.29 is 29.0 Å². The Labute approximate surface area is 275 Å². The van der Waals surface area contributed by atoms with Gasteiger partial charge >= 0.3 is 6.09 Å². The molecule has 46 heavy (non-hydrogen) atoms. The van der Waals surface area contributed by atoms with Gasteiger partial charge in [-0.15, -0.1) is 11.3 Å². The van der Waals surface area contributed by atoms with Crippen LogP contribution in [0.25, 0.3) is 0 Å². The molecule has 1 fully saturated rings. The van der Waals surface area contributed by atoms with E-state index in [9.17, 15) is 19.5 Å². The highest BCUT2D eigenvalue weighted by Crippen LogP contribution is 2.31. The van der Waals surface area contributed by atoms with Gasteiger partial charge in [0.25, 0.3) is 5.91 Å². The van der Waals surface area contributed by atoms with Crippen molar-refractivity contribution in [3.63, 3.8) is 0 Å². The van der Waals surface area contributed by atoms with Crippen LogP contribution in [0.1, 0.15) is 74.6 Å². The van der Waals surface area contributed by atoms with Crippen LogP contribution in [-0.4, -0.2) is 52.9 Å². The molecule has 10 nitrogen and oxygen atoms in total. The van der Waals surface area contributed by atoms with Crippen molar-refractivity contribution in [2.45, 2.75) is 89.8 Å². The van der Waals surface area contributed by atoms with Gasteiger partial charge in [0.15, 0.2) is 0 Å². The van der Waals surface area contributed by atoms with Crippen LogP contribution in [0.3, 0.4) is 0 Å². The number of benzene rings is 2. The highest BCUT2D eigenvalue weighted by Gasteiger charge is 2.33. The molecule has 0 spiro atoms. The first kappa shape index (κ1) is 35.1. The summed E-state index contributed by atoms with van der Waals surface area (Å²) in [6.45, 7) is 4.13. The van der Waals surface area contributed by atoms with E-state index in [1.54, 1.807) is 11.6 Å². The largest absolute Gasteiger partial charge is 0.445 e. The molecule has 3 aromatic rings. The number of hydrogen-bond donors (Lipinski definition) is 4. The normalized spacial score (nSPS) is 16.2. The van der Waals surface area contributed by atoms with E-state index >= 15 is 0 Å². The maximum absolute atomic E-state index is 13.8. The number of nitrogens with one attached hydrogen (secondary N) is 3. The van der Waals surface area contributed by atoms with Gasteiger partial charge in [0.2, 0.25) is 12.1 Å². The number of carbonyl (C=O) groups is 3. The van der Waals surface area contributed by atoms with E-state index in [-0.39, 0.29) is 25.6 Å². The molecule has 248 valence electrons. The van der Waals surface area contributed by atoms with E-state index in [4.69, 9.17) is 9.47 Å². The zero-order valence-corrected chi connectivity index (χ0v) is 27.4. The third-order valence-electron chi connectivity index (χ3n) is 7.94. The summed E-state index contributed by atoms with van der Waals surface area (Å²) in [6.07, 6.45) is 4.77. The lowest BCUT2D eigenvalue weighted by molar-refractivity contribution is -0.143. The van der Waals surface area contributed by atoms with Crippen molar-refractivity contribution in [2.24, 2.45) is 11.8 Å². The summed E-state index contributed by atoms with van der Waals surface area (Å²) in [5, 5.41) is 21.9. The Morgan fingerprint density at radius 1 is 0.913 bits per heavy atom. The Balaban J connectivity index is 1.48. The Hall–Kier alpha value is -3.80. The summed E-state index contributed by atoms with van der Waals surface area (Å²) in [7, 11) is 0. The number of thiazole rings is 1. The molecule has 1 unspecified atom stereocenters. The Morgan fingerprint density at radius 3 is 2.22 bits per heavy atom. The van der Waals surface area contributed by atoms with Crippen molar-refractivity contribution in [1.29, 1.82) is 0 Å². The molecule has 1 aliphatic carbocycles. The smallest absolute Gasteiger partial charge is 0.408 e. The number of hydrogen-bond acceptors (Lipinski definition) is 8. The molecule has 0 bridgehead atoms. The van der Waals surface area contributed by atoms with Gasteiger partial charge in [-0.25, -0.2) is 9.78 Å². The van der Waals surface area contributed by atoms with Crippen LogP contribution >= 0.6 is 11.3 Å². The molecular weight excluding hydrogens is 604 g/mol. The number of nitrogens with zero attached hydrogens (tertiary/aromatic N) is 1. The lowest BCUT2D eigenvalue weighted by atomic mass is 9.83. The molecule has 2 aromatic carbocycles. The van der Waals surface area contributed by atoms with Gasteiger partial charge in [-0.3, -0.25) is 9.59 Å². The number of amides is 3. The molecule has 1 aliphatic rings. The Bertz CT molecular complexity index is 1340. The van der Waals surface area contributed by atoms with Crippen LogP contribution in [0.2, 0.25) is 0 Å². The molecule has 0 radical (unpaired) electrons. The van der Waals surface area contributed by atoms with E-state index in [0.717, 1.165) is 36.8 Å². The zero-order valence-electron chi connectivity index (χ0n) is 26.6. The van der Waals surface area contributed by atoms with Gasteiger partial charge in [-0.05, 0) is 29.4 Å². The van der Waals surface area contributed by atoms with Gasteiger partial charge in [0.05, 0.1) is 12.6 Å². The van der Waals surface area contributed by atoms with Crippen LogP contribution in [0.5, 0.6) is 0 Å². The summed E-state index contributed by atoms with van der Waals surface area (Å²) in [4.78, 5) is 44.6. The SMILES string of the molecule is CC(C)COC(NC(=O)[C@H](Cc1ccccc1)NC(=O)OCc1ccccc1)C(=O)N[C@@H](CC1CCCCC1)[C@@H](O)c1nccs1. The van der Waals surface area contributed by atoms with Crippen molar-refractivity contribution in [1.82, 2.24) is 20.9 Å². The van der Waals surface area contributed by atoms with Crippen molar-refractivity contribution in [3.8, 4) is 0 Å². The van der Waals surface area contributed by atoms with Crippen LogP contribution < -0.4 is 16.0 Å². The highest BCUT2D eigenvalue weighted by atomic mass is 32.1. The predicted octanol–water partition coefficient (Wildman–Crippen LogP) is 5.28. The van der Waals surface area contributed by atoms with Gasteiger partial charge in [-0.1, -0.05) is 107 Å². The summed E-state index contributed by atoms with van der Waals surface area (Å²) in [6, 6.07) is 16.8. The molecule has 0 saturated heterocycles. The number of rotatable bonds is 16. The van der Waals surface area contributed by atoms with Gasteiger partial charge in [0.1, 0.15) is 23.8 Å². The molecule has 1 aromatic heterocycles. The van der Waals surface area contributed by atoms with E-state index in [1.165, 1.54) is 17.8 Å². The fraction of sp³-hybridized carbons (Fsp3) is 0.486. The second kappa shape index (κ2) is 18.4. The summed E-state index contributed by atoms with van der Waals surface area (Å²) < 4.78 is 11.3. The maximum Gasteiger partial charge on any atom is 0.408 e. The minimum Gasteiger partial charge on any atom is -0.445 e. The minimum absolute atomic E-state index is 0.0404. The van der Waals surface area contributed by atoms with Gasteiger partial charge in [-0.2, -0.15) is 0 Å². The quantitative estimate of drug-likeness (QED) is 0.155. The summed E-state index contributed by atoms with van der Waals surface area (Å²) in [5.41, 5.74) is 1.62. The lowest BCUT2D eigenvalue weighted by Crippen LogP contribution is -2.57. The van der Waals surface area contributed by atoms with Gasteiger partial charge < -0.3 is 30.5 Å². The molecule has 1 saturated carbocycles. The summed E-state index contributed by atoms with van der Waals surface area (Å²) in [5.74, 6) is -0.735. The highest BCUT2D eigenvalue weighted by molar-refractivity contribution is 7.09. The average Bonchev–Trinajstić information content (AvgIpc) is 3.61. The van der Waals surface area contributed by atoms with E-state index in [1.807, 2.05) is 74.5 Å². The summed E-state index contributed by atoms with van der Waals surface area (Å²) >= 11 is 1.33. The lowest BCUT2D eigenvalue weighted by Gasteiger charge is -2.31. The second-order valence-corrected chi connectivity index (χ2v) is 13.2. The third kappa shape index (κ3) is 11.5. The number of alkyl carbamates (subject to hydrolysis) is 1. The molecular formula is C35H46N4O6S. The first-order valence-corrected chi connectivity index (χ1v) is 17.0. The van der Waals surface area contributed by atoms with E-state index < -0.39 is 42.3 Å². The molecule has 4 N–H and O–H groups in total. The standard InChI is InChI=1S/C35H46N4O6S/c1-24(2)22-44-33(32(42)37-28(20-25-12-6-3-7-13-25)30(40)34-36-18-19-46-34)39-31(41)29(21-26-14-8-4-9-15-26)38-35(43)45-23-27-16-10-5-11-17-27/h4-5,8-11,14-19,24-25,28-30,33,40H,3,6-7,12-13,20-23H2,1-2H3,(H,37,42)(H,38,43)(H,39,41)/t28-,29-,30+,33?/m0/s1. The van der Waals surface area contributed by atoms with Crippen LogP contribution in [0.4, 0.5) is 4.79 Å². The minimum atomic E-state index is -1.35. The molecule has 3 amide bonds. The van der Waals surface area contributed by atoms with E-state index in [2.05, 4.69) is 20.9 Å². The number of aliphatic hydroxyl groups excluding tert-OH is 1. The topological polar surface area (TPSA) is 139 Å². The average molecular weight is 651 g/mol. The second-order valence-electron chi connectivity index (χ2n) is 12.2. The van der Waals surface area contributed by atoms with Crippen molar-refractivity contribution in [3.05, 3.63) is 88.4 Å². The molecule has 4 rings (SSSR count). The third-order valence-corrected chi connectivity index (χ3v) is 8.78. The predicted molar refractivity (Wildman–Crippen MR) is 177 cm³/mol. The van der Waals surface area contributed by atoms with Crippen LogP contribution in [0.15, 0.2) is 72.2 Å². The number of carbonyl (C=O) groups excluding carboxylic acids is 3. The van der Waals surface area contributed by atoms with Crippen molar-refractivity contribution >= 4 is 29.2 Å². The zero-order chi connectivity index (χ0) is 32.7. The van der Waals surface area contributed by atoms with Gasteiger partial charge in [0, 0.05) is 18.0 Å². The number of ether oxygens (including phenoxy) is 2. The van der Waals surface area contributed by atoms with Crippen LogP contribution in [0, 0.1) is 11.8 Å². The molecule has 0 aliphatic heterocycles. The Kier molecular flexibility index (Phi) is 14.0.